The molecule has 4 aliphatic heterocycles. The van der Waals surface area contributed by atoms with Crippen LogP contribution in [0.25, 0.3) is 0 Å². The predicted octanol–water partition coefficient (Wildman–Crippen LogP) is 4.42. The SMILES string of the molecule is COC(=O)[C@@H]1CCCN1S(=O)(=O)c1ccc(NC(=O)c2cccc([C@@H](CC(=O)O[C@H]3CN4CCC3CC4)c3ccccc3)c2)cc1. The molecule has 0 unspecified atom stereocenters. The monoisotopic (exact) mass is 645 g/mol. The third-order valence-electron chi connectivity index (χ3n) is 9.40. The lowest BCUT2D eigenvalue weighted by atomic mass is 9.85. The van der Waals surface area contributed by atoms with Crippen LogP contribution in [0.5, 0.6) is 0 Å². The van der Waals surface area contributed by atoms with Gasteiger partial charge in [0, 0.05) is 30.3 Å². The average Bonchev–Trinajstić information content (AvgIpc) is 3.59. The highest BCUT2D eigenvalue weighted by Crippen LogP contribution is 2.33. The molecule has 3 aromatic rings. The molecule has 7 rings (SSSR count). The quantitative estimate of drug-likeness (QED) is 0.322. The van der Waals surface area contributed by atoms with Gasteiger partial charge in [-0.25, -0.2) is 8.42 Å². The van der Waals surface area contributed by atoms with Gasteiger partial charge in [0.15, 0.2) is 0 Å². The van der Waals surface area contributed by atoms with Gasteiger partial charge in [-0.3, -0.25) is 19.3 Å². The molecule has 242 valence electrons. The van der Waals surface area contributed by atoms with Gasteiger partial charge in [-0.05, 0) is 92.2 Å². The molecule has 0 aromatic heterocycles. The van der Waals surface area contributed by atoms with Crippen LogP contribution in [-0.4, -0.2) is 80.9 Å². The number of nitrogens with zero attached hydrogens (tertiary/aromatic N) is 2. The molecule has 0 radical (unpaired) electrons. The number of ether oxygens (including phenoxy) is 2. The molecule has 11 heteroatoms. The molecular formula is C35H39N3O7S. The Labute approximate surface area is 269 Å². The minimum atomic E-state index is -3.92. The molecule has 4 heterocycles. The summed E-state index contributed by atoms with van der Waals surface area (Å²) in [5, 5.41) is 2.84. The number of carbonyl (C=O) groups excluding carboxylic acids is 3. The summed E-state index contributed by atoms with van der Waals surface area (Å²) in [7, 11) is -2.68. The molecule has 3 aromatic carbocycles. The van der Waals surface area contributed by atoms with Crippen LogP contribution in [0.4, 0.5) is 5.69 Å². The summed E-state index contributed by atoms with van der Waals surface area (Å²) in [5.74, 6) is -1.07. The second-order valence-corrected chi connectivity index (χ2v) is 14.1. The van der Waals surface area contributed by atoms with Crippen molar-refractivity contribution in [3.63, 3.8) is 0 Å². The van der Waals surface area contributed by atoms with Crippen molar-refractivity contribution in [1.29, 1.82) is 0 Å². The Hall–Kier alpha value is -4.06. The van der Waals surface area contributed by atoms with Crippen LogP contribution in [-0.2, 0) is 29.1 Å². The molecule has 4 fully saturated rings. The summed E-state index contributed by atoms with van der Waals surface area (Å²) in [5.41, 5.74) is 2.59. The highest BCUT2D eigenvalue weighted by Gasteiger charge is 2.40. The van der Waals surface area contributed by atoms with Gasteiger partial charge in [0.1, 0.15) is 12.1 Å². The zero-order valence-electron chi connectivity index (χ0n) is 25.8. The van der Waals surface area contributed by atoms with Gasteiger partial charge in [-0.1, -0.05) is 42.5 Å². The van der Waals surface area contributed by atoms with E-state index in [-0.39, 0.29) is 41.8 Å². The third kappa shape index (κ3) is 6.86. The molecule has 10 nitrogen and oxygen atoms in total. The van der Waals surface area contributed by atoms with Crippen molar-refractivity contribution in [2.45, 2.75) is 55.1 Å². The maximum Gasteiger partial charge on any atom is 0.324 e. The molecule has 0 saturated carbocycles. The Bertz CT molecular complexity index is 1670. The number of hydrogen-bond donors (Lipinski definition) is 1. The minimum Gasteiger partial charge on any atom is -0.468 e. The first-order valence-electron chi connectivity index (χ1n) is 15.8. The zero-order chi connectivity index (χ0) is 32.3. The van der Waals surface area contributed by atoms with E-state index in [9.17, 15) is 22.8 Å². The van der Waals surface area contributed by atoms with Gasteiger partial charge in [-0.2, -0.15) is 4.31 Å². The summed E-state index contributed by atoms with van der Waals surface area (Å²) >= 11 is 0. The normalized spacial score (nSPS) is 23.4. The number of carbonyl (C=O) groups is 3. The number of hydrogen-bond acceptors (Lipinski definition) is 8. The maximum absolute atomic E-state index is 13.3. The van der Waals surface area contributed by atoms with Crippen molar-refractivity contribution in [2.75, 3.05) is 38.6 Å². The van der Waals surface area contributed by atoms with Crippen LogP contribution in [0.3, 0.4) is 0 Å². The first-order valence-corrected chi connectivity index (χ1v) is 17.2. The van der Waals surface area contributed by atoms with E-state index in [4.69, 9.17) is 9.47 Å². The number of piperidine rings is 3. The Morgan fingerprint density at radius 3 is 2.28 bits per heavy atom. The molecule has 46 heavy (non-hydrogen) atoms. The van der Waals surface area contributed by atoms with E-state index < -0.39 is 22.0 Å². The fourth-order valence-corrected chi connectivity index (χ4v) is 8.53. The zero-order valence-corrected chi connectivity index (χ0v) is 26.7. The first-order chi connectivity index (χ1) is 22.2. The molecule has 3 atom stereocenters. The fraction of sp³-hybridized carbons (Fsp3) is 0.400. The molecule has 1 N–H and O–H groups in total. The van der Waals surface area contributed by atoms with Crippen molar-refractivity contribution in [3.8, 4) is 0 Å². The Morgan fingerprint density at radius 2 is 1.61 bits per heavy atom. The number of benzene rings is 3. The molecule has 0 spiro atoms. The van der Waals surface area contributed by atoms with Crippen molar-refractivity contribution >= 4 is 33.6 Å². The van der Waals surface area contributed by atoms with Gasteiger partial charge >= 0.3 is 11.9 Å². The second kappa shape index (κ2) is 13.7. The second-order valence-electron chi connectivity index (χ2n) is 12.2. The number of methoxy groups -OCH3 is 1. The number of sulfonamides is 1. The van der Waals surface area contributed by atoms with Crippen LogP contribution >= 0.6 is 0 Å². The van der Waals surface area contributed by atoms with E-state index in [2.05, 4.69) is 10.2 Å². The molecular weight excluding hydrogens is 606 g/mol. The lowest BCUT2D eigenvalue weighted by molar-refractivity contribution is -0.159. The molecule has 0 aliphatic carbocycles. The predicted molar refractivity (Wildman–Crippen MR) is 172 cm³/mol. The van der Waals surface area contributed by atoms with Gasteiger partial charge in [0.05, 0.1) is 18.4 Å². The van der Waals surface area contributed by atoms with E-state index in [1.807, 2.05) is 36.4 Å². The largest absolute Gasteiger partial charge is 0.468 e. The Kier molecular flexibility index (Phi) is 9.53. The average molecular weight is 646 g/mol. The van der Waals surface area contributed by atoms with Gasteiger partial charge in [-0.15, -0.1) is 0 Å². The van der Waals surface area contributed by atoms with E-state index >= 15 is 0 Å². The lowest BCUT2D eigenvalue weighted by Crippen LogP contribution is -2.52. The highest BCUT2D eigenvalue weighted by molar-refractivity contribution is 7.89. The molecule has 4 aliphatic rings. The number of nitrogens with one attached hydrogen (secondary N) is 1. The number of esters is 2. The summed E-state index contributed by atoms with van der Waals surface area (Å²) in [6.45, 7) is 3.17. The fourth-order valence-electron chi connectivity index (χ4n) is 6.89. The van der Waals surface area contributed by atoms with Gasteiger partial charge in [0.25, 0.3) is 5.91 Å². The van der Waals surface area contributed by atoms with E-state index in [1.165, 1.54) is 35.7 Å². The summed E-state index contributed by atoms with van der Waals surface area (Å²) in [6, 6.07) is 22.0. The number of anilines is 1. The third-order valence-corrected chi connectivity index (χ3v) is 11.3. The number of amides is 1. The molecule has 2 bridgehead atoms. The Morgan fingerprint density at radius 1 is 0.891 bits per heavy atom. The van der Waals surface area contributed by atoms with Gasteiger partial charge in [0.2, 0.25) is 10.0 Å². The van der Waals surface area contributed by atoms with Crippen molar-refractivity contribution < 1.29 is 32.3 Å². The maximum atomic E-state index is 13.3. The van der Waals surface area contributed by atoms with Crippen molar-refractivity contribution in [1.82, 2.24) is 9.21 Å². The first kappa shape index (κ1) is 31.9. The number of fused-ring (bicyclic) bond motifs is 3. The van der Waals surface area contributed by atoms with Crippen molar-refractivity contribution in [3.05, 3.63) is 95.6 Å². The summed E-state index contributed by atoms with van der Waals surface area (Å²) < 4.78 is 38.5. The topological polar surface area (TPSA) is 122 Å². The van der Waals surface area contributed by atoms with Crippen LogP contribution in [0.2, 0.25) is 0 Å². The Balaban J connectivity index is 1.15. The summed E-state index contributed by atoms with van der Waals surface area (Å²) in [6.07, 6.45) is 3.18. The minimum absolute atomic E-state index is 0.0270. The van der Waals surface area contributed by atoms with Crippen LogP contribution in [0.1, 0.15) is 59.5 Å². The number of rotatable bonds is 10. The summed E-state index contributed by atoms with van der Waals surface area (Å²) in [4.78, 5) is 41.1. The van der Waals surface area contributed by atoms with E-state index in [0.29, 0.717) is 30.0 Å². The van der Waals surface area contributed by atoms with Gasteiger partial charge < -0.3 is 14.8 Å². The van der Waals surface area contributed by atoms with Crippen molar-refractivity contribution in [2.24, 2.45) is 5.92 Å². The van der Waals surface area contributed by atoms with Crippen LogP contribution in [0.15, 0.2) is 83.8 Å². The van der Waals surface area contributed by atoms with E-state index in [0.717, 1.165) is 43.6 Å². The van der Waals surface area contributed by atoms with Crippen LogP contribution < -0.4 is 5.32 Å². The standard InChI is InChI=1S/C35H39N3O7S/c1-44-35(41)31-11-6-18-38(31)46(42,43)29-14-12-28(13-15-29)36-34(40)27-10-5-9-26(21-27)30(24-7-3-2-4-8-24)22-33(39)45-32-23-37-19-16-25(32)17-20-37/h2-5,7-10,12-15,21,25,30-32H,6,11,16-20,22-23H2,1H3,(H,36,40)/t30-,31-,32-/m0/s1. The van der Waals surface area contributed by atoms with E-state index in [1.54, 1.807) is 18.2 Å². The molecule has 4 saturated heterocycles. The smallest absolute Gasteiger partial charge is 0.324 e. The lowest BCUT2D eigenvalue weighted by Gasteiger charge is -2.44. The van der Waals surface area contributed by atoms with Crippen LogP contribution in [0, 0.1) is 5.92 Å². The molecule has 1 amide bonds. The highest BCUT2D eigenvalue weighted by atomic mass is 32.2.